The first-order valence-electron chi connectivity index (χ1n) is 6.82. The maximum absolute atomic E-state index is 12.4. The molecular formula is C14H16N4O2S2. The maximum atomic E-state index is 12.4. The number of rotatable bonds is 5. The van der Waals surface area contributed by atoms with E-state index in [1.165, 1.54) is 23.7 Å². The largest absolute Gasteiger partial charge is 0.276 e. The third kappa shape index (κ3) is 3.12. The first kappa shape index (κ1) is 15.0. The number of aromatic nitrogens is 3. The van der Waals surface area contributed by atoms with Crippen LogP contribution >= 0.6 is 11.3 Å². The second kappa shape index (κ2) is 5.69. The molecule has 6 nitrogen and oxygen atoms in total. The molecule has 3 aromatic rings. The van der Waals surface area contributed by atoms with Gasteiger partial charge in [-0.1, -0.05) is 13.8 Å². The van der Waals surface area contributed by atoms with Crippen molar-refractivity contribution in [3.05, 3.63) is 36.1 Å². The van der Waals surface area contributed by atoms with Crippen LogP contribution in [-0.4, -0.2) is 23.2 Å². The molecule has 3 rings (SSSR count). The topological polar surface area (TPSA) is 76.9 Å². The molecule has 3 aromatic heterocycles. The predicted octanol–water partition coefficient (Wildman–Crippen LogP) is 2.95. The summed E-state index contributed by atoms with van der Waals surface area (Å²) in [6, 6.07) is 3.48. The van der Waals surface area contributed by atoms with Gasteiger partial charge in [0, 0.05) is 24.3 Å². The quantitative estimate of drug-likeness (QED) is 0.777. The number of thiophene rings is 1. The molecule has 0 spiro atoms. The second-order valence-electron chi connectivity index (χ2n) is 5.44. The van der Waals surface area contributed by atoms with Crippen LogP contribution in [0.5, 0.6) is 0 Å². The molecule has 1 N–H and O–H groups in total. The summed E-state index contributed by atoms with van der Waals surface area (Å²) in [5, 5.41) is 6.86. The number of nitrogens with zero attached hydrogens (tertiary/aromatic N) is 3. The van der Waals surface area contributed by atoms with Crippen molar-refractivity contribution in [2.45, 2.75) is 25.3 Å². The minimum atomic E-state index is -3.66. The molecule has 0 amide bonds. The summed E-state index contributed by atoms with van der Waals surface area (Å²) in [6.07, 6.45) is 4.57. The molecule has 0 radical (unpaired) electrons. The highest BCUT2D eigenvalue weighted by Crippen LogP contribution is 2.22. The fraction of sp³-hybridized carbons (Fsp3) is 0.286. The Balaban J connectivity index is 1.84. The number of sulfonamides is 1. The summed E-state index contributed by atoms with van der Waals surface area (Å²) < 4.78 is 29.1. The average Bonchev–Trinajstić information content (AvgIpc) is 3.05. The molecule has 8 heteroatoms. The summed E-state index contributed by atoms with van der Waals surface area (Å²) in [4.78, 5) is 5.14. The van der Waals surface area contributed by atoms with Crippen LogP contribution in [0.1, 0.15) is 13.8 Å². The molecule has 0 aliphatic rings. The highest BCUT2D eigenvalue weighted by molar-refractivity contribution is 7.92. The summed E-state index contributed by atoms with van der Waals surface area (Å²) >= 11 is 1.48. The van der Waals surface area contributed by atoms with Crippen LogP contribution in [-0.2, 0) is 16.6 Å². The molecular weight excluding hydrogens is 320 g/mol. The third-order valence-corrected chi connectivity index (χ3v) is 5.21. The smallest absolute Gasteiger partial charge is 0.263 e. The van der Waals surface area contributed by atoms with Crippen molar-refractivity contribution in [1.29, 1.82) is 0 Å². The first-order valence-corrected chi connectivity index (χ1v) is 9.19. The van der Waals surface area contributed by atoms with Gasteiger partial charge in [-0.05, 0) is 23.4 Å². The lowest BCUT2D eigenvalue weighted by Gasteiger charge is -2.06. The Morgan fingerprint density at radius 2 is 2.18 bits per heavy atom. The Morgan fingerprint density at radius 3 is 2.95 bits per heavy atom. The van der Waals surface area contributed by atoms with Gasteiger partial charge in [0.15, 0.2) is 0 Å². The van der Waals surface area contributed by atoms with E-state index >= 15 is 0 Å². The Morgan fingerprint density at radius 1 is 1.36 bits per heavy atom. The van der Waals surface area contributed by atoms with Crippen molar-refractivity contribution in [2.24, 2.45) is 5.92 Å². The number of hydrogen-bond acceptors (Lipinski definition) is 5. The van der Waals surface area contributed by atoms with E-state index < -0.39 is 10.0 Å². The molecule has 22 heavy (non-hydrogen) atoms. The minimum Gasteiger partial charge on any atom is -0.276 e. The first-order chi connectivity index (χ1) is 10.4. The molecule has 0 aliphatic heterocycles. The van der Waals surface area contributed by atoms with Gasteiger partial charge in [-0.2, -0.15) is 5.10 Å². The van der Waals surface area contributed by atoms with E-state index in [9.17, 15) is 8.42 Å². The molecule has 0 aliphatic carbocycles. The van der Waals surface area contributed by atoms with Crippen molar-refractivity contribution >= 4 is 37.3 Å². The number of nitrogens with one attached hydrogen (secondary N) is 1. The van der Waals surface area contributed by atoms with Gasteiger partial charge in [0.1, 0.15) is 9.73 Å². The number of anilines is 1. The van der Waals surface area contributed by atoms with Crippen molar-refractivity contribution < 1.29 is 8.42 Å². The van der Waals surface area contributed by atoms with Gasteiger partial charge in [-0.15, -0.1) is 11.3 Å². The number of hydrogen-bond donors (Lipinski definition) is 1. The maximum Gasteiger partial charge on any atom is 0.263 e. The van der Waals surface area contributed by atoms with Crippen LogP contribution in [0.3, 0.4) is 0 Å². The molecule has 0 unspecified atom stereocenters. The molecule has 0 saturated heterocycles. The molecule has 116 valence electrons. The minimum absolute atomic E-state index is 0.148. The molecule has 0 fully saturated rings. The van der Waals surface area contributed by atoms with E-state index in [-0.39, 0.29) is 4.90 Å². The highest BCUT2D eigenvalue weighted by Gasteiger charge is 2.16. The van der Waals surface area contributed by atoms with Gasteiger partial charge in [0.05, 0.1) is 11.9 Å². The summed E-state index contributed by atoms with van der Waals surface area (Å²) in [5.74, 6) is 0.439. The van der Waals surface area contributed by atoms with Gasteiger partial charge in [0.2, 0.25) is 0 Å². The molecule has 0 saturated carbocycles. The lowest BCUT2D eigenvalue weighted by atomic mass is 10.2. The van der Waals surface area contributed by atoms with E-state index in [4.69, 9.17) is 0 Å². The van der Waals surface area contributed by atoms with Crippen LogP contribution in [0, 0.1) is 5.92 Å². The summed E-state index contributed by atoms with van der Waals surface area (Å²) in [6.45, 7) is 4.89. The Hall–Kier alpha value is -1.93. The zero-order valence-corrected chi connectivity index (χ0v) is 13.9. The average molecular weight is 336 g/mol. The summed E-state index contributed by atoms with van der Waals surface area (Å²) in [7, 11) is -3.66. The summed E-state index contributed by atoms with van der Waals surface area (Å²) in [5.41, 5.74) is 0.450. The van der Waals surface area contributed by atoms with Gasteiger partial charge < -0.3 is 0 Å². The molecule has 0 aromatic carbocycles. The third-order valence-electron chi connectivity index (χ3n) is 3.03. The molecule has 3 heterocycles. The predicted molar refractivity (Wildman–Crippen MR) is 87.5 cm³/mol. The standard InChI is InChI=1S/C14H16N4O2S2/c1-10(2)8-18-9-12(6-16-18)17-22(19,20)13-5-11-3-4-21-14(11)15-7-13/h3-7,9-10,17H,8H2,1-2H3. The second-order valence-corrected chi connectivity index (χ2v) is 8.01. The Bertz CT molecular complexity index is 896. The van der Waals surface area contributed by atoms with E-state index in [1.54, 1.807) is 16.9 Å². The van der Waals surface area contributed by atoms with Gasteiger partial charge in [0.25, 0.3) is 10.0 Å². The van der Waals surface area contributed by atoms with Gasteiger partial charge in [-0.25, -0.2) is 13.4 Å². The fourth-order valence-electron chi connectivity index (χ4n) is 2.09. The fourth-order valence-corrected chi connectivity index (χ4v) is 3.82. The molecule has 0 atom stereocenters. The zero-order chi connectivity index (χ0) is 15.7. The monoisotopic (exact) mass is 336 g/mol. The lowest BCUT2D eigenvalue weighted by molar-refractivity contribution is 0.483. The lowest BCUT2D eigenvalue weighted by Crippen LogP contribution is -2.12. The van der Waals surface area contributed by atoms with Crippen LogP contribution in [0.4, 0.5) is 5.69 Å². The van der Waals surface area contributed by atoms with Crippen molar-refractivity contribution in [3.63, 3.8) is 0 Å². The van der Waals surface area contributed by atoms with Crippen molar-refractivity contribution in [2.75, 3.05) is 4.72 Å². The highest BCUT2D eigenvalue weighted by atomic mass is 32.2. The van der Waals surface area contributed by atoms with Crippen LogP contribution in [0.25, 0.3) is 10.2 Å². The number of pyridine rings is 1. The zero-order valence-electron chi connectivity index (χ0n) is 12.2. The van der Waals surface area contributed by atoms with E-state index in [1.807, 2.05) is 11.4 Å². The van der Waals surface area contributed by atoms with Gasteiger partial charge in [-0.3, -0.25) is 9.40 Å². The van der Waals surface area contributed by atoms with E-state index in [0.29, 0.717) is 11.6 Å². The Kier molecular flexibility index (Phi) is 3.88. The normalized spacial score (nSPS) is 12.1. The van der Waals surface area contributed by atoms with Gasteiger partial charge >= 0.3 is 0 Å². The van der Waals surface area contributed by atoms with Crippen molar-refractivity contribution in [3.8, 4) is 0 Å². The van der Waals surface area contributed by atoms with Crippen LogP contribution < -0.4 is 4.72 Å². The van der Waals surface area contributed by atoms with Crippen LogP contribution in [0.15, 0.2) is 41.0 Å². The van der Waals surface area contributed by atoms with Crippen LogP contribution in [0.2, 0.25) is 0 Å². The SMILES string of the molecule is CC(C)Cn1cc(NS(=O)(=O)c2cnc3sccc3c2)cn1. The Labute approximate surface area is 132 Å². The number of fused-ring (bicyclic) bond motifs is 1. The molecule has 0 bridgehead atoms. The van der Waals surface area contributed by atoms with E-state index in [2.05, 4.69) is 28.7 Å². The van der Waals surface area contributed by atoms with E-state index in [0.717, 1.165) is 16.8 Å². The van der Waals surface area contributed by atoms with Crippen molar-refractivity contribution in [1.82, 2.24) is 14.8 Å².